The van der Waals surface area contributed by atoms with Crippen LogP contribution in [0.4, 0.5) is 19.0 Å². The van der Waals surface area contributed by atoms with Gasteiger partial charge < -0.3 is 19.7 Å². The van der Waals surface area contributed by atoms with Gasteiger partial charge in [0, 0.05) is 50.9 Å². The van der Waals surface area contributed by atoms with Crippen LogP contribution >= 0.6 is 0 Å². The summed E-state index contributed by atoms with van der Waals surface area (Å²) in [6.07, 6.45) is 0.246. The molecule has 4 heterocycles. The zero-order chi connectivity index (χ0) is 24.0. The van der Waals surface area contributed by atoms with E-state index in [1.54, 1.807) is 12.1 Å². The number of halogens is 3. The predicted molar refractivity (Wildman–Crippen MR) is 125 cm³/mol. The zero-order valence-electron chi connectivity index (χ0n) is 19.7. The predicted octanol–water partition coefficient (Wildman–Crippen LogP) is 4.65. The minimum Gasteiger partial charge on any atom is -0.493 e. The third-order valence-electron chi connectivity index (χ3n) is 8.11. The van der Waals surface area contributed by atoms with Gasteiger partial charge >= 0.3 is 6.18 Å². The number of likely N-dealkylation sites (tertiary alicyclic amines) is 1. The molecule has 0 unspecified atom stereocenters. The number of aromatic nitrogens is 2. The van der Waals surface area contributed by atoms with Crippen molar-refractivity contribution in [2.75, 3.05) is 44.8 Å². The maximum Gasteiger partial charge on any atom is 0.420 e. The van der Waals surface area contributed by atoms with Crippen LogP contribution in [0.5, 0.6) is 5.75 Å². The van der Waals surface area contributed by atoms with Gasteiger partial charge in [0.15, 0.2) is 5.82 Å². The van der Waals surface area contributed by atoms with Gasteiger partial charge in [-0.05, 0) is 73.3 Å². The Bertz CT molecular complexity index is 1060. The highest BCUT2D eigenvalue weighted by Crippen LogP contribution is 2.42. The molecule has 35 heavy (non-hydrogen) atoms. The van der Waals surface area contributed by atoms with Crippen LogP contribution in [-0.2, 0) is 17.3 Å². The lowest BCUT2D eigenvalue weighted by Gasteiger charge is -2.28. The van der Waals surface area contributed by atoms with E-state index in [0.717, 1.165) is 82.3 Å². The topological polar surface area (TPSA) is 59.5 Å². The number of fused-ring (bicyclic) bond motifs is 2. The molecule has 3 fully saturated rings. The van der Waals surface area contributed by atoms with Crippen LogP contribution < -0.4 is 10.1 Å². The molecule has 0 radical (unpaired) electrons. The van der Waals surface area contributed by atoms with Crippen molar-refractivity contribution in [2.24, 2.45) is 17.8 Å². The molecule has 2 saturated heterocycles. The molecule has 1 aromatic heterocycles. The summed E-state index contributed by atoms with van der Waals surface area (Å²) in [6.45, 7) is 5.52. The summed E-state index contributed by atoms with van der Waals surface area (Å²) in [7, 11) is 0. The van der Waals surface area contributed by atoms with Crippen LogP contribution in [0, 0.1) is 17.8 Å². The van der Waals surface area contributed by atoms with Gasteiger partial charge in [-0.25, -0.2) is 0 Å². The molecule has 2 aromatic rings. The van der Waals surface area contributed by atoms with Gasteiger partial charge in [0.05, 0.1) is 12.3 Å². The van der Waals surface area contributed by atoms with Gasteiger partial charge in [-0.3, -0.25) is 0 Å². The highest BCUT2D eigenvalue weighted by atomic mass is 19.4. The molecule has 1 aliphatic carbocycles. The quantitative estimate of drug-likeness (QED) is 0.662. The molecule has 1 N–H and O–H groups in total. The second kappa shape index (κ2) is 9.24. The van der Waals surface area contributed by atoms with E-state index >= 15 is 0 Å². The van der Waals surface area contributed by atoms with Crippen LogP contribution in [-0.4, -0.2) is 60.6 Å². The molecule has 3 aliphatic heterocycles. The Labute approximate surface area is 203 Å². The van der Waals surface area contributed by atoms with Crippen molar-refractivity contribution >= 4 is 5.82 Å². The third-order valence-corrected chi connectivity index (χ3v) is 8.11. The maximum absolute atomic E-state index is 14.0. The number of rotatable bonds is 5. The molecule has 6 rings (SSSR count). The molecule has 1 aromatic carbocycles. The number of hydrogen-bond acceptors (Lipinski definition) is 6. The molecule has 6 nitrogen and oxygen atoms in total. The van der Waals surface area contributed by atoms with Crippen LogP contribution in [0.1, 0.15) is 36.8 Å². The highest BCUT2D eigenvalue weighted by molar-refractivity contribution is 5.65. The van der Waals surface area contributed by atoms with E-state index < -0.39 is 11.7 Å². The monoisotopic (exact) mass is 488 g/mol. The number of anilines is 1. The Morgan fingerprint density at radius 2 is 1.77 bits per heavy atom. The molecule has 0 spiro atoms. The van der Waals surface area contributed by atoms with E-state index in [-0.39, 0.29) is 17.6 Å². The first kappa shape index (κ1) is 23.0. The Morgan fingerprint density at radius 1 is 1.00 bits per heavy atom. The molecular weight excluding hydrogens is 457 g/mol. The lowest BCUT2D eigenvalue weighted by molar-refractivity contribution is -0.137. The van der Waals surface area contributed by atoms with Crippen LogP contribution in [0.3, 0.4) is 0 Å². The van der Waals surface area contributed by atoms with Gasteiger partial charge in [0.1, 0.15) is 11.3 Å². The minimum atomic E-state index is -4.51. The van der Waals surface area contributed by atoms with E-state index in [4.69, 9.17) is 9.47 Å². The molecular formula is C26H31F3N4O2. The molecule has 2 atom stereocenters. The zero-order valence-corrected chi connectivity index (χ0v) is 19.7. The van der Waals surface area contributed by atoms with Gasteiger partial charge in [0.2, 0.25) is 0 Å². The summed E-state index contributed by atoms with van der Waals surface area (Å²) in [4.78, 5) is 2.55. The Balaban J connectivity index is 1.13. The summed E-state index contributed by atoms with van der Waals surface area (Å²) in [5.41, 5.74) is 1.09. The van der Waals surface area contributed by atoms with E-state index in [2.05, 4.69) is 20.4 Å². The average Bonchev–Trinajstić information content (AvgIpc) is 3.54. The van der Waals surface area contributed by atoms with Gasteiger partial charge in [0.25, 0.3) is 0 Å². The summed E-state index contributed by atoms with van der Waals surface area (Å²) < 4.78 is 53.0. The summed E-state index contributed by atoms with van der Waals surface area (Å²) >= 11 is 0. The van der Waals surface area contributed by atoms with Gasteiger partial charge in [-0.15, -0.1) is 10.2 Å². The Kier molecular flexibility index (Phi) is 6.08. The smallest absolute Gasteiger partial charge is 0.420 e. The number of nitrogens with one attached hydrogen (secondary N) is 1. The fraction of sp³-hybridized carbons (Fsp3) is 0.615. The number of benzene rings is 1. The van der Waals surface area contributed by atoms with Gasteiger partial charge in [-0.1, -0.05) is 0 Å². The van der Waals surface area contributed by atoms with Crippen molar-refractivity contribution in [3.05, 3.63) is 35.4 Å². The van der Waals surface area contributed by atoms with Crippen molar-refractivity contribution in [3.63, 3.8) is 0 Å². The van der Waals surface area contributed by atoms with E-state index in [9.17, 15) is 13.2 Å². The fourth-order valence-electron chi connectivity index (χ4n) is 6.35. The van der Waals surface area contributed by atoms with Crippen molar-refractivity contribution in [1.29, 1.82) is 0 Å². The van der Waals surface area contributed by atoms with Crippen molar-refractivity contribution in [2.45, 2.75) is 44.3 Å². The third kappa shape index (κ3) is 4.85. The summed E-state index contributed by atoms with van der Waals surface area (Å²) in [5.74, 6) is 2.40. The summed E-state index contributed by atoms with van der Waals surface area (Å²) in [6, 6.07) is 6.50. The maximum atomic E-state index is 14.0. The van der Waals surface area contributed by atoms with Crippen LogP contribution in [0.25, 0.3) is 11.3 Å². The van der Waals surface area contributed by atoms with Crippen LogP contribution in [0.2, 0.25) is 0 Å². The number of ether oxygens (including phenoxy) is 2. The minimum absolute atomic E-state index is 0.00590. The molecule has 1 saturated carbocycles. The van der Waals surface area contributed by atoms with Crippen molar-refractivity contribution in [3.8, 4) is 17.0 Å². The van der Waals surface area contributed by atoms with Crippen molar-refractivity contribution < 1.29 is 22.6 Å². The number of alkyl halides is 3. The van der Waals surface area contributed by atoms with Crippen LogP contribution in [0.15, 0.2) is 24.3 Å². The molecule has 4 aliphatic rings. The van der Waals surface area contributed by atoms with E-state index in [0.29, 0.717) is 29.9 Å². The fourth-order valence-corrected chi connectivity index (χ4v) is 6.35. The van der Waals surface area contributed by atoms with E-state index in [1.807, 2.05) is 6.07 Å². The molecule has 9 heteroatoms. The standard InChI is InChI=1S/C26H31F3N4O2/c27-26(28,29)22-12-23(17-1-2-24-18(9-17)5-8-35-24)31-32-25(22)30-21-10-19-14-33(15-20(19)11-21)13-16-3-6-34-7-4-16/h1-2,9,12,16,19-21H,3-8,10-11,13-15H2,(H,30,32)/t19-,20-/m1/s1. The molecule has 188 valence electrons. The SMILES string of the molecule is FC(F)(F)c1cc(-c2ccc3c(c2)CCO3)nnc1NC1C[C@@H]2CN(CC3CCOCC3)C[C@H]2C1. The molecule has 0 bridgehead atoms. The lowest BCUT2D eigenvalue weighted by atomic mass is 10.00. The first-order valence-corrected chi connectivity index (χ1v) is 12.7. The normalized spacial score (nSPS) is 25.5. The number of nitrogens with zero attached hydrogens (tertiary/aromatic N) is 3. The van der Waals surface area contributed by atoms with Gasteiger partial charge in [-0.2, -0.15) is 13.2 Å². The first-order valence-electron chi connectivity index (χ1n) is 12.7. The highest BCUT2D eigenvalue weighted by Gasteiger charge is 2.43. The second-order valence-corrected chi connectivity index (χ2v) is 10.5. The summed E-state index contributed by atoms with van der Waals surface area (Å²) in [5, 5.41) is 11.3. The molecule has 0 amide bonds. The van der Waals surface area contributed by atoms with E-state index in [1.165, 1.54) is 0 Å². The Morgan fingerprint density at radius 3 is 2.51 bits per heavy atom. The first-order chi connectivity index (χ1) is 16.9. The average molecular weight is 489 g/mol. The number of hydrogen-bond donors (Lipinski definition) is 1. The second-order valence-electron chi connectivity index (χ2n) is 10.5. The lowest BCUT2D eigenvalue weighted by Crippen LogP contribution is -2.32. The largest absolute Gasteiger partial charge is 0.493 e. The van der Waals surface area contributed by atoms with Crippen molar-refractivity contribution in [1.82, 2.24) is 15.1 Å². The Hall–Kier alpha value is -2.39.